The summed E-state index contributed by atoms with van der Waals surface area (Å²) in [4.78, 5) is 26.8. The summed E-state index contributed by atoms with van der Waals surface area (Å²) in [6.07, 6.45) is 7.64. The van der Waals surface area contributed by atoms with Crippen molar-refractivity contribution in [3.8, 4) is 17.3 Å². The second-order valence-corrected chi connectivity index (χ2v) is 12.0. The van der Waals surface area contributed by atoms with Gasteiger partial charge >= 0.3 is 5.97 Å². The first-order chi connectivity index (χ1) is 20.8. The van der Waals surface area contributed by atoms with Crippen LogP contribution in [0.1, 0.15) is 85.8 Å². The molecule has 0 unspecified atom stereocenters. The summed E-state index contributed by atoms with van der Waals surface area (Å²) in [5.41, 5.74) is 6.00. The summed E-state index contributed by atoms with van der Waals surface area (Å²) in [6.45, 7) is 9.91. The lowest BCUT2D eigenvalue weighted by Gasteiger charge is -2.29. The molecule has 0 aliphatic rings. The molecule has 9 heteroatoms. The Balaban J connectivity index is 1.28. The summed E-state index contributed by atoms with van der Waals surface area (Å²) < 4.78 is 11.9. The average Bonchev–Trinajstić information content (AvgIpc) is 3.66. The lowest BCUT2D eigenvalue weighted by Crippen LogP contribution is -2.30. The molecule has 0 radical (unpaired) electrons. The van der Waals surface area contributed by atoms with Gasteiger partial charge < -0.3 is 19.2 Å². The minimum atomic E-state index is -1.05. The maximum absolute atomic E-state index is 11.2. The molecule has 0 amide bonds. The van der Waals surface area contributed by atoms with E-state index in [1.807, 2.05) is 11.4 Å². The summed E-state index contributed by atoms with van der Waals surface area (Å²) in [7, 11) is 0. The van der Waals surface area contributed by atoms with E-state index in [0.717, 1.165) is 23.2 Å². The van der Waals surface area contributed by atoms with Crippen molar-refractivity contribution >= 4 is 34.1 Å². The van der Waals surface area contributed by atoms with Crippen molar-refractivity contribution in [2.24, 2.45) is 0 Å². The quantitative estimate of drug-likeness (QED) is 0.135. The van der Waals surface area contributed by atoms with Crippen LogP contribution in [0.25, 0.3) is 22.7 Å². The minimum absolute atomic E-state index is 0.0700. The van der Waals surface area contributed by atoms with Crippen LogP contribution < -0.4 is 9.64 Å². The Kier molecular flexibility index (Phi) is 9.72. The predicted octanol–water partition coefficient (Wildman–Crippen LogP) is 8.72. The van der Waals surface area contributed by atoms with Gasteiger partial charge in [0.2, 0.25) is 5.89 Å². The van der Waals surface area contributed by atoms with Crippen molar-refractivity contribution in [3.63, 3.8) is 0 Å². The molecule has 0 atom stereocenters. The fraction of sp³-hybridized carbons (Fsp3) is 0.353. The number of carbonyl (C=O) groups is 1. The number of hydrogen-bond acceptors (Lipinski definition) is 8. The number of oxazole rings is 1. The number of ether oxygens (including phenoxy) is 1. The van der Waals surface area contributed by atoms with Crippen molar-refractivity contribution in [1.82, 2.24) is 15.0 Å². The Labute approximate surface area is 256 Å². The van der Waals surface area contributed by atoms with E-state index in [4.69, 9.17) is 14.3 Å². The number of nitrogens with zero attached hydrogens (tertiary/aromatic N) is 4. The zero-order chi connectivity index (χ0) is 30.3. The molecule has 0 aliphatic heterocycles. The molecule has 0 bridgehead atoms. The maximum atomic E-state index is 11.2. The molecule has 2 aromatic carbocycles. The standard InChI is InChI=1S/C34H38N4O4S/c1-5-7-24(8-6-2)25-10-12-27(13-11-25)38(22(3)4)19-23-9-14-29-31(15-23)42-33(37-29)30-21-43-32(36-30)20-41-28-16-26(34(39)40)17-35-18-28/h9-18,21-22,24H,5-8,19-20H2,1-4H3,(H,39,40). The van der Waals surface area contributed by atoms with Gasteiger partial charge in [-0.05, 0) is 74.1 Å². The van der Waals surface area contributed by atoms with Crippen molar-refractivity contribution in [3.05, 3.63) is 88.0 Å². The first kappa shape index (κ1) is 30.2. The van der Waals surface area contributed by atoms with E-state index in [-0.39, 0.29) is 12.2 Å². The van der Waals surface area contributed by atoms with Crippen LogP contribution in [0.15, 0.2) is 70.7 Å². The largest absolute Gasteiger partial charge is 0.485 e. The number of benzene rings is 2. The zero-order valence-electron chi connectivity index (χ0n) is 25.1. The van der Waals surface area contributed by atoms with Gasteiger partial charge in [-0.3, -0.25) is 4.98 Å². The van der Waals surface area contributed by atoms with Crippen molar-refractivity contribution < 1.29 is 19.1 Å². The van der Waals surface area contributed by atoms with Gasteiger partial charge in [0.25, 0.3) is 0 Å². The molecule has 8 nitrogen and oxygen atoms in total. The number of thiazole rings is 1. The van der Waals surface area contributed by atoms with Gasteiger partial charge in [-0.15, -0.1) is 11.3 Å². The van der Waals surface area contributed by atoms with E-state index in [2.05, 4.69) is 83.9 Å². The lowest BCUT2D eigenvalue weighted by molar-refractivity contribution is 0.0695. The molecule has 0 saturated heterocycles. The van der Waals surface area contributed by atoms with Crippen LogP contribution in [0, 0.1) is 0 Å². The number of carboxylic acid groups (broad SMARTS) is 1. The monoisotopic (exact) mass is 598 g/mol. The second-order valence-electron chi connectivity index (χ2n) is 11.0. The van der Waals surface area contributed by atoms with Gasteiger partial charge in [0.15, 0.2) is 5.58 Å². The number of hydrogen-bond donors (Lipinski definition) is 1. The zero-order valence-corrected chi connectivity index (χ0v) is 25.9. The van der Waals surface area contributed by atoms with Gasteiger partial charge in [-0.25, -0.2) is 14.8 Å². The van der Waals surface area contributed by atoms with Crippen molar-refractivity contribution in [2.75, 3.05) is 4.90 Å². The summed E-state index contributed by atoms with van der Waals surface area (Å²) in [5, 5.41) is 11.7. The highest BCUT2D eigenvalue weighted by Gasteiger charge is 2.17. The molecule has 43 heavy (non-hydrogen) atoms. The van der Waals surface area contributed by atoms with E-state index in [1.54, 1.807) is 0 Å². The van der Waals surface area contributed by atoms with Crippen LogP contribution in [0.4, 0.5) is 5.69 Å². The number of rotatable bonds is 14. The summed E-state index contributed by atoms with van der Waals surface area (Å²) in [5.74, 6) is 0.403. The van der Waals surface area contributed by atoms with Crippen LogP contribution in [0.2, 0.25) is 0 Å². The molecule has 0 saturated carbocycles. The highest BCUT2D eigenvalue weighted by molar-refractivity contribution is 7.09. The molecule has 3 heterocycles. The van der Waals surface area contributed by atoms with Gasteiger partial charge in [0.1, 0.15) is 28.6 Å². The normalized spacial score (nSPS) is 11.5. The topological polar surface area (TPSA) is 102 Å². The highest BCUT2D eigenvalue weighted by Crippen LogP contribution is 2.31. The Morgan fingerprint density at radius 2 is 1.79 bits per heavy atom. The fourth-order valence-electron chi connectivity index (χ4n) is 5.29. The average molecular weight is 599 g/mol. The molecule has 0 aliphatic carbocycles. The number of carboxylic acids is 1. The number of aromatic nitrogens is 3. The highest BCUT2D eigenvalue weighted by atomic mass is 32.1. The van der Waals surface area contributed by atoms with E-state index in [9.17, 15) is 4.79 Å². The molecule has 0 fully saturated rings. The van der Waals surface area contributed by atoms with E-state index in [1.165, 1.54) is 66.7 Å². The van der Waals surface area contributed by atoms with Crippen LogP contribution in [-0.2, 0) is 13.2 Å². The number of pyridine rings is 1. The van der Waals surface area contributed by atoms with Crippen molar-refractivity contribution in [1.29, 1.82) is 0 Å². The third-order valence-electron chi connectivity index (χ3n) is 7.49. The molecule has 1 N–H and O–H groups in total. The van der Waals surface area contributed by atoms with E-state index >= 15 is 0 Å². The molecule has 5 rings (SSSR count). The van der Waals surface area contributed by atoms with E-state index < -0.39 is 5.97 Å². The maximum Gasteiger partial charge on any atom is 0.337 e. The summed E-state index contributed by atoms with van der Waals surface area (Å²) >= 11 is 1.42. The Hall–Kier alpha value is -4.24. The Morgan fingerprint density at radius 1 is 1.02 bits per heavy atom. The molecule has 0 spiro atoms. The fourth-order valence-corrected chi connectivity index (χ4v) is 5.97. The van der Waals surface area contributed by atoms with Crippen LogP contribution >= 0.6 is 11.3 Å². The van der Waals surface area contributed by atoms with Gasteiger partial charge in [0, 0.05) is 29.9 Å². The van der Waals surface area contributed by atoms with Gasteiger partial charge in [-0.1, -0.05) is 44.9 Å². The number of aromatic carboxylic acids is 1. The molecular weight excluding hydrogens is 560 g/mol. The number of anilines is 1. The van der Waals surface area contributed by atoms with Crippen molar-refractivity contribution in [2.45, 2.75) is 78.5 Å². The smallest absolute Gasteiger partial charge is 0.337 e. The third kappa shape index (κ3) is 7.40. The Bertz CT molecular complexity index is 1650. The minimum Gasteiger partial charge on any atom is -0.485 e. The first-order valence-electron chi connectivity index (χ1n) is 14.9. The number of fused-ring (bicyclic) bond motifs is 1. The van der Waals surface area contributed by atoms with Gasteiger partial charge in [0.05, 0.1) is 11.8 Å². The SMILES string of the molecule is CCCC(CCC)c1ccc(N(Cc2ccc3nc(-c4csc(COc5cncc(C(=O)O)c5)n4)oc3c2)C(C)C)cc1. The van der Waals surface area contributed by atoms with Crippen LogP contribution in [-0.4, -0.2) is 32.1 Å². The summed E-state index contributed by atoms with van der Waals surface area (Å²) in [6, 6.07) is 17.1. The molecular formula is C34H38N4O4S. The molecule has 3 aromatic heterocycles. The lowest BCUT2D eigenvalue weighted by atomic mass is 9.90. The third-order valence-corrected chi connectivity index (χ3v) is 8.32. The van der Waals surface area contributed by atoms with Crippen LogP contribution in [0.5, 0.6) is 5.75 Å². The van der Waals surface area contributed by atoms with Crippen LogP contribution in [0.3, 0.4) is 0 Å². The Morgan fingerprint density at radius 3 is 2.49 bits per heavy atom. The van der Waals surface area contributed by atoms with E-state index in [0.29, 0.717) is 34.3 Å². The molecule has 5 aromatic rings. The first-order valence-corrected chi connectivity index (χ1v) is 15.7. The molecule has 224 valence electrons. The van der Waals surface area contributed by atoms with Gasteiger partial charge in [-0.2, -0.15) is 0 Å². The second kappa shape index (κ2) is 13.8. The predicted molar refractivity (Wildman–Crippen MR) is 171 cm³/mol.